The molecule has 3 heterocycles. The number of hydrogen-bond acceptors (Lipinski definition) is 7. The molecule has 2 fully saturated rings. The quantitative estimate of drug-likeness (QED) is 0.266. The van der Waals surface area contributed by atoms with Gasteiger partial charge in [-0.1, -0.05) is 19.6 Å². The number of nitrogens with zero attached hydrogens (tertiary/aromatic N) is 5. The molecule has 0 bridgehead atoms. The third-order valence-corrected chi connectivity index (χ3v) is 9.67. The highest BCUT2D eigenvalue weighted by molar-refractivity contribution is 6.76. The van der Waals surface area contributed by atoms with Gasteiger partial charge in [0, 0.05) is 53.5 Å². The van der Waals surface area contributed by atoms with Crippen molar-refractivity contribution < 1.29 is 23.9 Å². The van der Waals surface area contributed by atoms with Gasteiger partial charge >= 0.3 is 11.8 Å². The number of aryl methyl sites for hydroxylation is 1. The van der Waals surface area contributed by atoms with E-state index in [2.05, 4.69) is 24.5 Å². The molecule has 42 heavy (non-hydrogen) atoms. The monoisotopic (exact) mass is 601 g/mol. The molecule has 2 saturated heterocycles. The molecule has 11 nitrogen and oxygen atoms in total. The SMILES string of the molecule is Cn1c(=O)n(C2CCC(=O)N(COCC[Si](C)(C)C)C2=O)c2ccc(N3CCN(C(=O)OC(C)(C)C)C(C)(C)C3)cc21. The summed E-state index contributed by atoms with van der Waals surface area (Å²) in [7, 11) is 0.389. The van der Waals surface area contributed by atoms with Crippen LogP contribution in [0, 0.1) is 0 Å². The van der Waals surface area contributed by atoms with Crippen molar-refractivity contribution in [3.63, 3.8) is 0 Å². The van der Waals surface area contributed by atoms with E-state index in [9.17, 15) is 19.2 Å². The number of ether oxygens (including phenoxy) is 2. The number of imide groups is 1. The Balaban J connectivity index is 1.55. The van der Waals surface area contributed by atoms with Crippen molar-refractivity contribution in [1.29, 1.82) is 0 Å². The van der Waals surface area contributed by atoms with Crippen LogP contribution < -0.4 is 10.6 Å². The van der Waals surface area contributed by atoms with Crippen molar-refractivity contribution in [1.82, 2.24) is 18.9 Å². The first-order chi connectivity index (χ1) is 19.4. The second kappa shape index (κ2) is 11.5. The zero-order valence-electron chi connectivity index (χ0n) is 26.7. The van der Waals surface area contributed by atoms with E-state index in [-0.39, 0.29) is 37.3 Å². The minimum atomic E-state index is -1.31. The van der Waals surface area contributed by atoms with Crippen molar-refractivity contribution in [3.8, 4) is 0 Å². The van der Waals surface area contributed by atoms with Crippen LogP contribution in [0.25, 0.3) is 11.0 Å². The van der Waals surface area contributed by atoms with Crippen LogP contribution >= 0.6 is 0 Å². The Morgan fingerprint density at radius 1 is 1.07 bits per heavy atom. The van der Waals surface area contributed by atoms with Gasteiger partial charge in [-0.15, -0.1) is 0 Å². The van der Waals surface area contributed by atoms with Crippen molar-refractivity contribution in [2.24, 2.45) is 7.05 Å². The fourth-order valence-corrected chi connectivity index (χ4v) is 6.37. The first-order valence-electron chi connectivity index (χ1n) is 14.8. The fourth-order valence-electron chi connectivity index (χ4n) is 5.61. The second-order valence-electron chi connectivity index (χ2n) is 14.3. The lowest BCUT2D eigenvalue weighted by Crippen LogP contribution is -2.61. The third kappa shape index (κ3) is 6.75. The lowest BCUT2D eigenvalue weighted by atomic mass is 9.98. The number of aromatic nitrogens is 2. The summed E-state index contributed by atoms with van der Waals surface area (Å²) in [4.78, 5) is 57.6. The summed E-state index contributed by atoms with van der Waals surface area (Å²) in [6, 6.07) is 5.94. The summed E-state index contributed by atoms with van der Waals surface area (Å²) >= 11 is 0. The number of imidazole rings is 1. The zero-order chi connectivity index (χ0) is 31.2. The molecule has 0 saturated carbocycles. The fraction of sp³-hybridized carbons (Fsp3) is 0.667. The van der Waals surface area contributed by atoms with Gasteiger partial charge in [0.25, 0.3) is 5.91 Å². The number of benzene rings is 1. The average molecular weight is 602 g/mol. The molecule has 0 N–H and O–H groups in total. The van der Waals surface area contributed by atoms with Crippen molar-refractivity contribution in [2.45, 2.75) is 90.3 Å². The van der Waals surface area contributed by atoms with Crippen LogP contribution in [-0.4, -0.2) is 89.0 Å². The largest absolute Gasteiger partial charge is 0.444 e. The number of carbonyl (C=O) groups is 3. The Kier molecular flexibility index (Phi) is 8.72. The van der Waals surface area contributed by atoms with Crippen molar-refractivity contribution >= 4 is 42.7 Å². The maximum absolute atomic E-state index is 13.5. The summed E-state index contributed by atoms with van der Waals surface area (Å²) in [5.41, 5.74) is 0.921. The van der Waals surface area contributed by atoms with Gasteiger partial charge in [-0.25, -0.2) is 9.59 Å². The normalized spacial score (nSPS) is 20.0. The molecule has 4 rings (SSSR count). The van der Waals surface area contributed by atoms with Crippen LogP contribution in [0.5, 0.6) is 0 Å². The Labute approximate surface area is 249 Å². The Morgan fingerprint density at radius 3 is 2.38 bits per heavy atom. The topological polar surface area (TPSA) is 106 Å². The van der Waals surface area contributed by atoms with E-state index in [4.69, 9.17) is 9.47 Å². The summed E-state index contributed by atoms with van der Waals surface area (Å²) < 4.78 is 14.4. The minimum Gasteiger partial charge on any atom is -0.444 e. The van der Waals surface area contributed by atoms with Gasteiger partial charge in [0.2, 0.25) is 5.91 Å². The van der Waals surface area contributed by atoms with Crippen molar-refractivity contribution in [2.75, 3.05) is 37.9 Å². The number of amides is 3. The highest BCUT2D eigenvalue weighted by Gasteiger charge is 2.40. The van der Waals surface area contributed by atoms with E-state index in [1.165, 1.54) is 4.57 Å². The second-order valence-corrected chi connectivity index (χ2v) is 19.9. The average Bonchev–Trinajstić information content (AvgIpc) is 3.10. The van der Waals surface area contributed by atoms with E-state index in [0.717, 1.165) is 16.6 Å². The molecule has 2 aliphatic rings. The number of anilines is 1. The number of rotatable bonds is 7. The van der Waals surface area contributed by atoms with Gasteiger partial charge < -0.3 is 14.4 Å². The van der Waals surface area contributed by atoms with E-state index in [1.54, 1.807) is 16.5 Å². The van der Waals surface area contributed by atoms with E-state index >= 15 is 0 Å². The maximum Gasteiger partial charge on any atom is 0.410 e. The molecular formula is C30H47N5O6Si. The zero-order valence-corrected chi connectivity index (χ0v) is 27.7. The molecule has 2 aliphatic heterocycles. The summed E-state index contributed by atoms with van der Waals surface area (Å²) in [6.45, 7) is 18.4. The predicted octanol–water partition coefficient (Wildman–Crippen LogP) is 4.18. The number of piperidine rings is 1. The standard InChI is InChI=1S/C30H47N5O6Si/c1-29(2,3)41-28(39)34-15-14-32(19-30(34,4)5)21-10-11-22-24(18-21)31(6)27(38)35(22)23-12-13-25(36)33(26(23)37)20-40-16-17-42(7,8)9/h10-11,18,23H,12-17,19-20H2,1-9H3. The van der Waals surface area contributed by atoms with Gasteiger partial charge in [-0.3, -0.25) is 28.5 Å². The van der Waals surface area contributed by atoms with Crippen LogP contribution in [0.4, 0.5) is 10.5 Å². The molecule has 1 aromatic heterocycles. The Hall–Kier alpha value is -3.12. The maximum atomic E-state index is 13.5. The van der Waals surface area contributed by atoms with E-state index in [0.29, 0.717) is 37.3 Å². The van der Waals surface area contributed by atoms with Gasteiger partial charge in [0.05, 0.1) is 16.6 Å². The molecule has 0 radical (unpaired) electrons. The van der Waals surface area contributed by atoms with Crippen LogP contribution in [-0.2, 0) is 26.1 Å². The first kappa shape index (κ1) is 31.8. The van der Waals surface area contributed by atoms with Crippen LogP contribution in [0.15, 0.2) is 23.0 Å². The molecule has 3 amide bonds. The Morgan fingerprint density at radius 2 is 1.76 bits per heavy atom. The van der Waals surface area contributed by atoms with Gasteiger partial charge in [-0.05, 0) is 65.3 Å². The van der Waals surface area contributed by atoms with Gasteiger partial charge in [0.15, 0.2) is 0 Å². The van der Waals surface area contributed by atoms with Gasteiger partial charge in [0.1, 0.15) is 18.4 Å². The minimum absolute atomic E-state index is 0.0899. The summed E-state index contributed by atoms with van der Waals surface area (Å²) in [5.74, 6) is -0.675. The molecule has 0 spiro atoms. The van der Waals surface area contributed by atoms with Crippen LogP contribution in [0.1, 0.15) is 53.5 Å². The number of piperazine rings is 1. The molecule has 2 aromatic rings. The highest BCUT2D eigenvalue weighted by Crippen LogP contribution is 2.31. The molecule has 0 aliphatic carbocycles. The van der Waals surface area contributed by atoms with Crippen molar-refractivity contribution in [3.05, 3.63) is 28.7 Å². The Bertz CT molecular complexity index is 1420. The van der Waals surface area contributed by atoms with E-state index < -0.39 is 31.2 Å². The number of likely N-dealkylation sites (tertiary alicyclic amines) is 1. The van der Waals surface area contributed by atoms with Crippen LogP contribution in [0.2, 0.25) is 25.7 Å². The first-order valence-corrected chi connectivity index (χ1v) is 18.5. The molecule has 1 unspecified atom stereocenters. The molecule has 1 atom stereocenters. The molecular weight excluding hydrogens is 554 g/mol. The molecule has 12 heteroatoms. The number of carbonyl (C=O) groups excluding carboxylic acids is 3. The summed E-state index contributed by atoms with van der Waals surface area (Å²) in [5, 5.41) is 0. The number of fused-ring (bicyclic) bond motifs is 1. The molecule has 1 aromatic carbocycles. The lowest BCUT2D eigenvalue weighted by Gasteiger charge is -2.47. The number of hydrogen-bond donors (Lipinski definition) is 0. The van der Waals surface area contributed by atoms with E-state index in [1.807, 2.05) is 52.8 Å². The third-order valence-electron chi connectivity index (χ3n) is 7.97. The van der Waals surface area contributed by atoms with Gasteiger partial charge in [-0.2, -0.15) is 0 Å². The smallest absolute Gasteiger partial charge is 0.410 e. The highest BCUT2D eigenvalue weighted by atomic mass is 28.3. The lowest BCUT2D eigenvalue weighted by molar-refractivity contribution is -0.157. The van der Waals surface area contributed by atoms with Crippen LogP contribution in [0.3, 0.4) is 0 Å². The summed E-state index contributed by atoms with van der Waals surface area (Å²) in [6.07, 6.45) is 0.115. The predicted molar refractivity (Wildman–Crippen MR) is 166 cm³/mol. The molecule has 232 valence electrons.